The second-order valence-electron chi connectivity index (χ2n) is 5.88. The number of rotatable bonds is 7. The first-order valence-corrected chi connectivity index (χ1v) is 9.60. The molecule has 0 bridgehead atoms. The highest BCUT2D eigenvalue weighted by atomic mass is 32.2. The molecule has 0 aliphatic carbocycles. The molecular formula is C19H20F3NO4S. The van der Waals surface area contributed by atoms with E-state index in [1.54, 1.807) is 12.1 Å². The van der Waals surface area contributed by atoms with E-state index in [9.17, 15) is 22.2 Å². The Hall–Kier alpha value is -2.55. The van der Waals surface area contributed by atoms with E-state index < -0.39 is 33.7 Å². The van der Waals surface area contributed by atoms with Gasteiger partial charge in [-0.2, -0.15) is 13.2 Å². The summed E-state index contributed by atoms with van der Waals surface area (Å²) >= 11 is 0. The molecule has 2 aromatic rings. The third-order valence-corrected chi connectivity index (χ3v) is 5.65. The van der Waals surface area contributed by atoms with Gasteiger partial charge < -0.3 is 14.8 Å². The minimum absolute atomic E-state index is 0.119. The number of halogens is 3. The number of ether oxygens (including phenoxy) is 2. The SMILES string of the molecule is COc1ccc(OC)c(NC(=O)C(C)S(=O)Cc2ccccc2C(F)(F)F)c1. The van der Waals surface area contributed by atoms with E-state index in [2.05, 4.69) is 5.32 Å². The van der Waals surface area contributed by atoms with Crippen LogP contribution in [0.1, 0.15) is 18.1 Å². The third kappa shape index (κ3) is 5.25. The van der Waals surface area contributed by atoms with Gasteiger partial charge in [-0.25, -0.2) is 0 Å². The van der Waals surface area contributed by atoms with Gasteiger partial charge in [0.05, 0.1) is 25.5 Å². The molecule has 0 saturated heterocycles. The summed E-state index contributed by atoms with van der Waals surface area (Å²) in [4.78, 5) is 12.5. The van der Waals surface area contributed by atoms with Gasteiger partial charge in [0.25, 0.3) is 0 Å². The van der Waals surface area contributed by atoms with Crippen LogP contribution in [0.5, 0.6) is 11.5 Å². The van der Waals surface area contributed by atoms with Crippen molar-refractivity contribution in [1.82, 2.24) is 0 Å². The number of anilines is 1. The molecule has 2 rings (SSSR count). The highest BCUT2D eigenvalue weighted by molar-refractivity contribution is 7.85. The van der Waals surface area contributed by atoms with E-state index in [4.69, 9.17) is 9.47 Å². The summed E-state index contributed by atoms with van der Waals surface area (Å²) in [6.07, 6.45) is -4.56. The number of carbonyl (C=O) groups excluding carboxylic acids is 1. The van der Waals surface area contributed by atoms with Crippen LogP contribution in [0, 0.1) is 0 Å². The molecule has 2 atom stereocenters. The van der Waals surface area contributed by atoms with Crippen molar-refractivity contribution < 1.29 is 31.6 Å². The smallest absolute Gasteiger partial charge is 0.416 e. The molecule has 0 heterocycles. The zero-order valence-corrected chi connectivity index (χ0v) is 16.3. The number of carbonyl (C=O) groups is 1. The van der Waals surface area contributed by atoms with Gasteiger partial charge in [-0.3, -0.25) is 9.00 Å². The summed E-state index contributed by atoms with van der Waals surface area (Å²) in [6.45, 7) is 1.40. The van der Waals surface area contributed by atoms with Crippen molar-refractivity contribution in [3.8, 4) is 11.5 Å². The van der Waals surface area contributed by atoms with Gasteiger partial charge in [-0.15, -0.1) is 0 Å². The first-order chi connectivity index (χ1) is 13.2. The van der Waals surface area contributed by atoms with Crippen molar-refractivity contribution in [3.63, 3.8) is 0 Å². The Labute approximate surface area is 163 Å². The van der Waals surface area contributed by atoms with Gasteiger partial charge >= 0.3 is 6.18 Å². The summed E-state index contributed by atoms with van der Waals surface area (Å²) in [6, 6.07) is 9.66. The second kappa shape index (κ2) is 9.09. The number of amides is 1. The zero-order valence-electron chi connectivity index (χ0n) is 15.5. The molecule has 0 aromatic heterocycles. The van der Waals surface area contributed by atoms with E-state index in [0.29, 0.717) is 17.2 Å². The molecule has 28 heavy (non-hydrogen) atoms. The molecule has 2 aromatic carbocycles. The summed E-state index contributed by atoms with van der Waals surface area (Å²) in [5, 5.41) is 1.54. The molecule has 1 N–H and O–H groups in total. The van der Waals surface area contributed by atoms with Crippen LogP contribution in [0.15, 0.2) is 42.5 Å². The minimum atomic E-state index is -4.56. The van der Waals surface area contributed by atoms with Gasteiger partial charge in [-0.05, 0) is 30.7 Å². The topological polar surface area (TPSA) is 64.6 Å². The zero-order chi connectivity index (χ0) is 20.9. The predicted octanol–water partition coefficient (Wildman–Crippen LogP) is 4.00. The average Bonchev–Trinajstić information content (AvgIpc) is 2.66. The van der Waals surface area contributed by atoms with E-state index in [0.717, 1.165) is 6.07 Å². The van der Waals surface area contributed by atoms with Crippen LogP contribution in [0.3, 0.4) is 0 Å². The van der Waals surface area contributed by atoms with Crippen LogP contribution in [0.2, 0.25) is 0 Å². The van der Waals surface area contributed by atoms with Crippen molar-refractivity contribution in [1.29, 1.82) is 0 Å². The Morgan fingerprint density at radius 3 is 2.43 bits per heavy atom. The highest BCUT2D eigenvalue weighted by Crippen LogP contribution is 2.33. The lowest BCUT2D eigenvalue weighted by molar-refractivity contribution is -0.138. The molecule has 9 heteroatoms. The van der Waals surface area contributed by atoms with Crippen molar-refractivity contribution in [2.75, 3.05) is 19.5 Å². The van der Waals surface area contributed by atoms with Crippen molar-refractivity contribution >= 4 is 22.4 Å². The predicted molar refractivity (Wildman–Crippen MR) is 101 cm³/mol. The average molecular weight is 415 g/mol. The molecular weight excluding hydrogens is 395 g/mol. The molecule has 0 aliphatic rings. The second-order valence-corrected chi connectivity index (χ2v) is 7.63. The Morgan fingerprint density at radius 2 is 1.82 bits per heavy atom. The fourth-order valence-corrected chi connectivity index (χ4v) is 3.57. The maximum Gasteiger partial charge on any atom is 0.416 e. The molecule has 0 fully saturated rings. The first-order valence-electron chi connectivity index (χ1n) is 8.22. The largest absolute Gasteiger partial charge is 0.497 e. The Balaban J connectivity index is 2.15. The molecule has 0 radical (unpaired) electrons. The maximum atomic E-state index is 13.1. The van der Waals surface area contributed by atoms with Crippen molar-refractivity contribution in [3.05, 3.63) is 53.6 Å². The number of hydrogen-bond donors (Lipinski definition) is 1. The number of benzene rings is 2. The Kier molecular flexibility index (Phi) is 7.06. The lowest BCUT2D eigenvalue weighted by Gasteiger charge is -2.16. The normalized spacial score (nSPS) is 13.5. The van der Waals surface area contributed by atoms with Crippen LogP contribution >= 0.6 is 0 Å². The van der Waals surface area contributed by atoms with Gasteiger partial charge in [0.1, 0.15) is 16.7 Å². The first kappa shape index (κ1) is 21.7. The lowest BCUT2D eigenvalue weighted by Crippen LogP contribution is -2.30. The standard InChI is InChI=1S/C19H20F3NO4S/c1-12(18(24)23-16-10-14(26-2)8-9-17(16)27-3)28(25)11-13-6-4-5-7-15(13)19(20,21)22/h4-10,12H,11H2,1-3H3,(H,23,24). The Bertz CT molecular complexity index is 870. The van der Waals surface area contributed by atoms with Crippen LogP contribution in [-0.2, 0) is 27.5 Å². The van der Waals surface area contributed by atoms with Crippen LogP contribution in [-0.4, -0.2) is 29.6 Å². The van der Waals surface area contributed by atoms with Gasteiger partial charge in [0.2, 0.25) is 5.91 Å². The minimum Gasteiger partial charge on any atom is -0.497 e. The number of methoxy groups -OCH3 is 2. The van der Waals surface area contributed by atoms with E-state index in [-0.39, 0.29) is 11.3 Å². The van der Waals surface area contributed by atoms with Crippen molar-refractivity contribution in [2.24, 2.45) is 0 Å². The fraction of sp³-hybridized carbons (Fsp3) is 0.316. The third-order valence-electron chi connectivity index (χ3n) is 4.05. The molecule has 152 valence electrons. The quantitative estimate of drug-likeness (QED) is 0.743. The highest BCUT2D eigenvalue weighted by Gasteiger charge is 2.34. The maximum absolute atomic E-state index is 13.1. The molecule has 5 nitrogen and oxygen atoms in total. The summed E-state index contributed by atoms with van der Waals surface area (Å²) in [5.74, 6) is -0.146. The fourth-order valence-electron chi connectivity index (χ4n) is 2.47. The number of nitrogens with one attached hydrogen (secondary N) is 1. The van der Waals surface area contributed by atoms with E-state index >= 15 is 0 Å². The monoisotopic (exact) mass is 415 g/mol. The number of alkyl halides is 3. The van der Waals surface area contributed by atoms with Crippen molar-refractivity contribution in [2.45, 2.75) is 24.1 Å². The molecule has 2 unspecified atom stereocenters. The van der Waals surface area contributed by atoms with Gasteiger partial charge in [-0.1, -0.05) is 18.2 Å². The van der Waals surface area contributed by atoms with Gasteiger partial charge in [0, 0.05) is 22.6 Å². The molecule has 0 spiro atoms. The van der Waals surface area contributed by atoms with Gasteiger partial charge in [0.15, 0.2) is 0 Å². The molecule has 1 amide bonds. The molecule has 0 saturated carbocycles. The van der Waals surface area contributed by atoms with E-state index in [1.807, 2.05) is 0 Å². The molecule has 0 aliphatic heterocycles. The van der Waals surface area contributed by atoms with E-state index in [1.165, 1.54) is 45.4 Å². The van der Waals surface area contributed by atoms with Crippen LogP contribution in [0.25, 0.3) is 0 Å². The van der Waals surface area contributed by atoms with Crippen LogP contribution in [0.4, 0.5) is 18.9 Å². The number of hydrogen-bond acceptors (Lipinski definition) is 4. The summed E-state index contributed by atoms with van der Waals surface area (Å²) < 4.78 is 62.1. The summed E-state index contributed by atoms with van der Waals surface area (Å²) in [5.41, 5.74) is -0.663. The summed E-state index contributed by atoms with van der Waals surface area (Å²) in [7, 11) is 1.02. The Morgan fingerprint density at radius 1 is 1.14 bits per heavy atom. The van der Waals surface area contributed by atoms with Crippen LogP contribution < -0.4 is 14.8 Å². The lowest BCUT2D eigenvalue weighted by atomic mass is 10.1.